The summed E-state index contributed by atoms with van der Waals surface area (Å²) in [5, 5.41) is 2.64. The largest absolute Gasteiger partial charge is 0.370 e. The molecule has 1 aromatic heterocycles. The van der Waals surface area contributed by atoms with Gasteiger partial charge in [-0.25, -0.2) is 4.57 Å². The number of rotatable bonds is 4. The molecule has 1 aliphatic heterocycles. The molecular formula is C17H24N2O+2. The summed E-state index contributed by atoms with van der Waals surface area (Å²) in [4.78, 5) is 0. The first-order valence-electron chi connectivity index (χ1n) is 7.54. The van der Waals surface area contributed by atoms with Gasteiger partial charge in [0.25, 0.3) is 0 Å². The molecule has 0 unspecified atom stereocenters. The molecule has 0 bridgehead atoms. The molecule has 3 nitrogen and oxygen atoms in total. The Morgan fingerprint density at radius 3 is 2.65 bits per heavy atom. The van der Waals surface area contributed by atoms with E-state index in [0.29, 0.717) is 0 Å². The number of morpholine rings is 1. The number of aromatic nitrogens is 1. The minimum atomic E-state index is 0.916. The first kappa shape index (κ1) is 13.5. The molecule has 1 aromatic carbocycles. The Labute approximate surface area is 121 Å². The standard InChI is InChI=1S/C17H24N2O/c1-19(11-13-20-14-12-19)10-4-8-18-9-7-16-5-2-3-6-17(16)15-18/h2-3,5-7,9,15H,4,8,10-14H2,1H3/q+2. The van der Waals surface area contributed by atoms with Crippen molar-refractivity contribution in [1.82, 2.24) is 0 Å². The maximum atomic E-state index is 5.46. The van der Waals surface area contributed by atoms with Gasteiger partial charge in [-0.15, -0.1) is 0 Å². The van der Waals surface area contributed by atoms with Gasteiger partial charge in [0.2, 0.25) is 0 Å². The average molecular weight is 272 g/mol. The number of hydrogen-bond donors (Lipinski definition) is 0. The van der Waals surface area contributed by atoms with Crippen molar-refractivity contribution in [2.45, 2.75) is 13.0 Å². The minimum Gasteiger partial charge on any atom is -0.370 e. The van der Waals surface area contributed by atoms with Gasteiger partial charge < -0.3 is 9.22 Å². The summed E-state index contributed by atoms with van der Waals surface area (Å²) in [5.41, 5.74) is 0. The van der Waals surface area contributed by atoms with Gasteiger partial charge in [0.05, 0.1) is 33.2 Å². The van der Waals surface area contributed by atoms with Gasteiger partial charge in [-0.05, 0) is 11.5 Å². The van der Waals surface area contributed by atoms with Crippen LogP contribution < -0.4 is 4.57 Å². The van der Waals surface area contributed by atoms with Crippen LogP contribution in [0.1, 0.15) is 6.42 Å². The van der Waals surface area contributed by atoms with E-state index in [1.54, 1.807) is 0 Å². The van der Waals surface area contributed by atoms with Gasteiger partial charge in [0, 0.05) is 11.5 Å². The highest BCUT2D eigenvalue weighted by atomic mass is 16.5. The maximum absolute atomic E-state index is 5.46. The SMILES string of the molecule is C[N+]1(CCC[n+]2ccc3ccccc3c2)CCOCC1. The zero-order valence-corrected chi connectivity index (χ0v) is 12.3. The molecule has 0 atom stereocenters. The van der Waals surface area contributed by atoms with Crippen molar-refractivity contribution in [2.24, 2.45) is 0 Å². The van der Waals surface area contributed by atoms with E-state index in [1.165, 1.54) is 23.7 Å². The molecule has 2 heterocycles. The Hall–Kier alpha value is -1.45. The second kappa shape index (κ2) is 5.90. The first-order chi connectivity index (χ1) is 9.75. The zero-order valence-electron chi connectivity index (χ0n) is 12.3. The number of benzene rings is 1. The van der Waals surface area contributed by atoms with Crippen molar-refractivity contribution < 1.29 is 13.8 Å². The molecule has 0 spiro atoms. The van der Waals surface area contributed by atoms with E-state index < -0.39 is 0 Å². The van der Waals surface area contributed by atoms with Crippen molar-refractivity contribution in [3.8, 4) is 0 Å². The van der Waals surface area contributed by atoms with Crippen molar-refractivity contribution in [3.05, 3.63) is 42.7 Å². The summed E-state index contributed by atoms with van der Waals surface area (Å²) in [7, 11) is 2.35. The molecule has 3 rings (SSSR count). The summed E-state index contributed by atoms with van der Waals surface area (Å²) in [6.07, 6.45) is 5.68. The van der Waals surface area contributed by atoms with Crippen LogP contribution >= 0.6 is 0 Å². The van der Waals surface area contributed by atoms with Gasteiger partial charge in [0.1, 0.15) is 13.1 Å². The van der Waals surface area contributed by atoms with Crippen LogP contribution in [0.4, 0.5) is 0 Å². The zero-order chi connectivity index (χ0) is 13.8. The minimum absolute atomic E-state index is 0.916. The van der Waals surface area contributed by atoms with Gasteiger partial charge in [0.15, 0.2) is 18.9 Å². The number of nitrogens with zero attached hydrogens (tertiary/aromatic N) is 2. The highest BCUT2D eigenvalue weighted by molar-refractivity contribution is 5.80. The number of fused-ring (bicyclic) bond motifs is 1. The monoisotopic (exact) mass is 272 g/mol. The second-order valence-corrected chi connectivity index (χ2v) is 6.07. The van der Waals surface area contributed by atoms with Crippen molar-refractivity contribution in [3.63, 3.8) is 0 Å². The maximum Gasteiger partial charge on any atom is 0.176 e. The van der Waals surface area contributed by atoms with Crippen LogP contribution in [0, 0.1) is 0 Å². The Balaban J connectivity index is 1.59. The lowest BCUT2D eigenvalue weighted by Gasteiger charge is -2.37. The molecule has 1 saturated heterocycles. The van der Waals surface area contributed by atoms with Crippen LogP contribution in [0.5, 0.6) is 0 Å². The van der Waals surface area contributed by atoms with Gasteiger partial charge in [-0.3, -0.25) is 0 Å². The van der Waals surface area contributed by atoms with Crippen LogP contribution in [0.15, 0.2) is 42.7 Å². The Morgan fingerprint density at radius 2 is 1.85 bits per heavy atom. The summed E-state index contributed by atoms with van der Waals surface area (Å²) < 4.78 is 8.93. The van der Waals surface area contributed by atoms with E-state index in [-0.39, 0.29) is 0 Å². The summed E-state index contributed by atoms with van der Waals surface area (Å²) in [6, 6.07) is 10.8. The van der Waals surface area contributed by atoms with E-state index in [0.717, 1.165) is 37.3 Å². The molecule has 1 fully saturated rings. The molecule has 0 radical (unpaired) electrons. The predicted octanol–water partition coefficient (Wildman–Crippen LogP) is 1.99. The molecule has 0 saturated carbocycles. The highest BCUT2D eigenvalue weighted by Crippen LogP contribution is 2.11. The molecule has 0 amide bonds. The number of likely N-dealkylation sites (N-methyl/N-ethyl adjacent to an activating group) is 1. The molecule has 3 heteroatoms. The van der Waals surface area contributed by atoms with Crippen LogP contribution in [0.3, 0.4) is 0 Å². The second-order valence-electron chi connectivity index (χ2n) is 6.07. The van der Waals surface area contributed by atoms with Crippen LogP contribution in [0.2, 0.25) is 0 Å². The van der Waals surface area contributed by atoms with Gasteiger partial charge >= 0.3 is 0 Å². The van der Waals surface area contributed by atoms with Crippen LogP contribution in [-0.4, -0.2) is 44.4 Å². The fourth-order valence-electron chi connectivity index (χ4n) is 2.96. The first-order valence-corrected chi connectivity index (χ1v) is 7.54. The summed E-state index contributed by atoms with van der Waals surface area (Å²) >= 11 is 0. The number of ether oxygens (including phenoxy) is 1. The van der Waals surface area contributed by atoms with Gasteiger partial charge in [-0.1, -0.05) is 18.2 Å². The molecule has 106 valence electrons. The fraction of sp³-hybridized carbons (Fsp3) is 0.471. The Morgan fingerprint density at radius 1 is 1.10 bits per heavy atom. The number of pyridine rings is 1. The van der Waals surface area contributed by atoms with E-state index in [2.05, 4.69) is 54.3 Å². The lowest BCUT2D eigenvalue weighted by atomic mass is 10.2. The Kier molecular flexibility index (Phi) is 3.99. The number of hydrogen-bond acceptors (Lipinski definition) is 1. The summed E-state index contributed by atoms with van der Waals surface area (Å²) in [5.74, 6) is 0. The lowest BCUT2D eigenvalue weighted by Crippen LogP contribution is -2.53. The predicted molar refractivity (Wildman–Crippen MR) is 80.4 cm³/mol. The smallest absolute Gasteiger partial charge is 0.176 e. The number of quaternary nitrogens is 1. The van der Waals surface area contributed by atoms with Crippen LogP contribution in [-0.2, 0) is 11.3 Å². The van der Waals surface area contributed by atoms with E-state index in [4.69, 9.17) is 4.74 Å². The number of aryl methyl sites for hydroxylation is 1. The molecule has 1 aliphatic rings. The molecule has 0 aliphatic carbocycles. The third-order valence-corrected chi connectivity index (χ3v) is 4.41. The lowest BCUT2D eigenvalue weighted by molar-refractivity contribution is -0.919. The molecular weight excluding hydrogens is 248 g/mol. The van der Waals surface area contributed by atoms with E-state index >= 15 is 0 Å². The molecule has 0 N–H and O–H groups in total. The van der Waals surface area contributed by atoms with E-state index in [1.807, 2.05) is 0 Å². The highest BCUT2D eigenvalue weighted by Gasteiger charge is 2.24. The van der Waals surface area contributed by atoms with Gasteiger partial charge in [-0.2, -0.15) is 0 Å². The normalized spacial score (nSPS) is 18.2. The van der Waals surface area contributed by atoms with Crippen LogP contribution in [0.25, 0.3) is 10.8 Å². The molecule has 2 aromatic rings. The average Bonchev–Trinajstić information content (AvgIpc) is 2.48. The Bertz CT molecular complexity index is 576. The van der Waals surface area contributed by atoms with Crippen molar-refractivity contribution in [2.75, 3.05) is 39.9 Å². The third-order valence-electron chi connectivity index (χ3n) is 4.41. The van der Waals surface area contributed by atoms with E-state index in [9.17, 15) is 0 Å². The van der Waals surface area contributed by atoms with Crippen molar-refractivity contribution >= 4 is 10.8 Å². The summed E-state index contributed by atoms with van der Waals surface area (Å²) in [6.45, 7) is 6.48. The molecule has 20 heavy (non-hydrogen) atoms. The van der Waals surface area contributed by atoms with Crippen molar-refractivity contribution in [1.29, 1.82) is 0 Å². The fourth-order valence-corrected chi connectivity index (χ4v) is 2.96. The third kappa shape index (κ3) is 3.17. The quantitative estimate of drug-likeness (QED) is 0.613. The topological polar surface area (TPSA) is 13.1 Å².